The zero-order chi connectivity index (χ0) is 14.0. The Morgan fingerprint density at radius 2 is 2.11 bits per heavy atom. The third-order valence-corrected chi connectivity index (χ3v) is 3.47. The number of ether oxygens (including phenoxy) is 1. The molecule has 0 unspecified atom stereocenters. The lowest BCUT2D eigenvalue weighted by atomic mass is 10.0. The number of hydrogen-bond donors (Lipinski definition) is 1. The summed E-state index contributed by atoms with van der Waals surface area (Å²) < 4.78 is 7.34. The zero-order valence-corrected chi connectivity index (χ0v) is 11.6. The number of aromatic nitrogens is 1. The average Bonchev–Trinajstić information content (AvgIpc) is 2.68. The molecule has 1 aromatic carbocycles. The maximum absolute atomic E-state index is 9.41. The number of hydroxylamine groups is 1. The molecule has 2 rings (SSSR count). The number of nitriles is 1. The van der Waals surface area contributed by atoms with Crippen LogP contribution in [0, 0.1) is 18.3 Å². The van der Waals surface area contributed by atoms with Gasteiger partial charge in [-0.2, -0.15) is 10.7 Å². The van der Waals surface area contributed by atoms with Crippen LogP contribution in [0.5, 0.6) is 5.75 Å². The zero-order valence-electron chi connectivity index (χ0n) is 11.6. The summed E-state index contributed by atoms with van der Waals surface area (Å²) in [4.78, 5) is 4.92. The van der Waals surface area contributed by atoms with E-state index in [2.05, 4.69) is 16.1 Å². The van der Waals surface area contributed by atoms with E-state index in [9.17, 15) is 5.26 Å². The van der Waals surface area contributed by atoms with Gasteiger partial charge in [0.1, 0.15) is 17.4 Å². The van der Waals surface area contributed by atoms with Crippen molar-refractivity contribution in [3.63, 3.8) is 0 Å². The maximum atomic E-state index is 9.41. The molecule has 100 valence electrons. The van der Waals surface area contributed by atoms with Crippen molar-refractivity contribution in [2.24, 2.45) is 7.05 Å². The molecule has 0 spiro atoms. The molecule has 0 aliphatic heterocycles. The summed E-state index contributed by atoms with van der Waals surface area (Å²) in [7, 11) is 5.14. The fraction of sp³-hybridized carbons (Fsp3) is 0.357. The van der Waals surface area contributed by atoms with Gasteiger partial charge in [-0.15, -0.1) is 0 Å². The Bertz CT molecular complexity index is 653. The lowest BCUT2D eigenvalue weighted by Gasteiger charge is -2.06. The SMILES string of the molecule is CONCc1c(C)n(C)c2ccc(OC)c(C#N)c12. The van der Waals surface area contributed by atoms with Gasteiger partial charge in [0.15, 0.2) is 0 Å². The van der Waals surface area contributed by atoms with E-state index in [1.54, 1.807) is 14.2 Å². The molecular weight excluding hydrogens is 242 g/mol. The summed E-state index contributed by atoms with van der Waals surface area (Å²) in [6, 6.07) is 6.04. The van der Waals surface area contributed by atoms with E-state index >= 15 is 0 Å². The minimum absolute atomic E-state index is 0.543. The van der Waals surface area contributed by atoms with Crippen LogP contribution in [0.4, 0.5) is 0 Å². The van der Waals surface area contributed by atoms with E-state index in [1.807, 2.05) is 26.1 Å². The first-order chi connectivity index (χ1) is 9.15. The van der Waals surface area contributed by atoms with Crippen LogP contribution in [-0.4, -0.2) is 18.8 Å². The van der Waals surface area contributed by atoms with Crippen LogP contribution in [0.1, 0.15) is 16.8 Å². The van der Waals surface area contributed by atoms with E-state index in [0.29, 0.717) is 17.9 Å². The number of aryl methyl sites for hydroxylation is 1. The van der Waals surface area contributed by atoms with Gasteiger partial charge >= 0.3 is 0 Å². The molecule has 2 aromatic rings. The number of methoxy groups -OCH3 is 1. The molecule has 1 aromatic heterocycles. The van der Waals surface area contributed by atoms with E-state index in [1.165, 1.54) is 0 Å². The fourth-order valence-corrected chi connectivity index (χ4v) is 2.36. The van der Waals surface area contributed by atoms with E-state index in [4.69, 9.17) is 9.57 Å². The van der Waals surface area contributed by atoms with E-state index in [-0.39, 0.29) is 0 Å². The molecule has 0 aliphatic carbocycles. The van der Waals surface area contributed by atoms with Gasteiger partial charge in [0.2, 0.25) is 0 Å². The third kappa shape index (κ3) is 2.05. The molecule has 5 nitrogen and oxygen atoms in total. The minimum Gasteiger partial charge on any atom is -0.495 e. The summed E-state index contributed by atoms with van der Waals surface area (Å²) in [5, 5.41) is 10.3. The summed E-state index contributed by atoms with van der Waals surface area (Å²) in [6.45, 7) is 2.57. The van der Waals surface area contributed by atoms with Gasteiger partial charge in [-0.1, -0.05) is 0 Å². The number of nitrogens with zero attached hydrogens (tertiary/aromatic N) is 2. The summed E-state index contributed by atoms with van der Waals surface area (Å²) in [5.74, 6) is 0.597. The van der Waals surface area contributed by atoms with Crippen molar-refractivity contribution < 1.29 is 9.57 Å². The lowest BCUT2D eigenvalue weighted by molar-refractivity contribution is 0.0868. The molecule has 0 fully saturated rings. The van der Waals surface area contributed by atoms with Crippen LogP contribution in [-0.2, 0) is 18.4 Å². The Labute approximate surface area is 112 Å². The van der Waals surface area contributed by atoms with Crippen molar-refractivity contribution >= 4 is 10.9 Å². The summed E-state index contributed by atoms with van der Waals surface area (Å²) in [6.07, 6.45) is 0. The minimum atomic E-state index is 0.543. The molecule has 19 heavy (non-hydrogen) atoms. The molecule has 0 amide bonds. The molecule has 0 saturated carbocycles. The summed E-state index contributed by atoms with van der Waals surface area (Å²) in [5.41, 5.74) is 6.57. The first kappa shape index (κ1) is 13.4. The second-order valence-electron chi connectivity index (χ2n) is 4.30. The molecule has 0 saturated heterocycles. The predicted molar refractivity (Wildman–Crippen MR) is 72.8 cm³/mol. The quantitative estimate of drug-likeness (QED) is 0.853. The predicted octanol–water partition coefficient (Wildman–Crippen LogP) is 2.02. The summed E-state index contributed by atoms with van der Waals surface area (Å²) >= 11 is 0. The molecule has 1 N–H and O–H groups in total. The molecule has 0 aliphatic rings. The van der Waals surface area contributed by atoms with Crippen molar-refractivity contribution in [1.29, 1.82) is 5.26 Å². The van der Waals surface area contributed by atoms with Crippen LogP contribution in [0.2, 0.25) is 0 Å². The number of fused-ring (bicyclic) bond motifs is 1. The second-order valence-corrected chi connectivity index (χ2v) is 4.30. The van der Waals surface area contributed by atoms with Crippen LogP contribution >= 0.6 is 0 Å². The highest BCUT2D eigenvalue weighted by molar-refractivity contribution is 5.92. The van der Waals surface area contributed by atoms with Crippen LogP contribution in [0.3, 0.4) is 0 Å². The topological polar surface area (TPSA) is 59.2 Å². The van der Waals surface area contributed by atoms with Crippen LogP contribution < -0.4 is 10.2 Å². The van der Waals surface area contributed by atoms with Gasteiger partial charge in [0.05, 0.1) is 14.2 Å². The molecular formula is C14H17N3O2. The van der Waals surface area contributed by atoms with E-state index in [0.717, 1.165) is 22.2 Å². The van der Waals surface area contributed by atoms with Gasteiger partial charge < -0.3 is 14.1 Å². The number of nitrogens with one attached hydrogen (secondary N) is 1. The van der Waals surface area contributed by atoms with E-state index < -0.39 is 0 Å². The van der Waals surface area contributed by atoms with Gasteiger partial charge in [-0.05, 0) is 24.6 Å². The van der Waals surface area contributed by atoms with Crippen molar-refractivity contribution in [3.8, 4) is 11.8 Å². The Kier molecular flexibility index (Phi) is 3.74. The Morgan fingerprint density at radius 3 is 2.68 bits per heavy atom. The monoisotopic (exact) mass is 259 g/mol. The molecule has 0 atom stereocenters. The largest absolute Gasteiger partial charge is 0.495 e. The standard InChI is InChI=1S/C14H17N3O2/c1-9-11(8-16-19-4)14-10(7-15)13(18-3)6-5-12(14)17(9)2/h5-6,16H,8H2,1-4H3. The Hall–Kier alpha value is -2.03. The molecule has 0 radical (unpaired) electrons. The van der Waals surface area contributed by atoms with Crippen LogP contribution in [0.25, 0.3) is 10.9 Å². The molecule has 5 heteroatoms. The Morgan fingerprint density at radius 1 is 1.37 bits per heavy atom. The van der Waals surface area contributed by atoms with Gasteiger partial charge in [0, 0.05) is 30.2 Å². The third-order valence-electron chi connectivity index (χ3n) is 3.47. The van der Waals surface area contributed by atoms with Crippen molar-refractivity contribution in [1.82, 2.24) is 10.0 Å². The normalized spacial score (nSPS) is 10.7. The number of benzene rings is 1. The van der Waals surface area contributed by atoms with Gasteiger partial charge in [-0.25, -0.2) is 0 Å². The molecule has 1 heterocycles. The first-order valence-electron chi connectivity index (χ1n) is 5.96. The second kappa shape index (κ2) is 5.31. The van der Waals surface area contributed by atoms with Crippen molar-refractivity contribution in [3.05, 3.63) is 29.0 Å². The highest BCUT2D eigenvalue weighted by atomic mass is 16.6. The average molecular weight is 259 g/mol. The van der Waals surface area contributed by atoms with Crippen LogP contribution in [0.15, 0.2) is 12.1 Å². The highest BCUT2D eigenvalue weighted by Crippen LogP contribution is 2.33. The van der Waals surface area contributed by atoms with Gasteiger partial charge in [-0.3, -0.25) is 0 Å². The van der Waals surface area contributed by atoms with Crippen molar-refractivity contribution in [2.45, 2.75) is 13.5 Å². The first-order valence-corrected chi connectivity index (χ1v) is 5.96. The number of hydrogen-bond acceptors (Lipinski definition) is 4. The van der Waals surface area contributed by atoms with Gasteiger partial charge in [0.25, 0.3) is 0 Å². The Balaban J connectivity index is 2.79. The number of rotatable bonds is 4. The lowest BCUT2D eigenvalue weighted by Crippen LogP contribution is -2.11. The smallest absolute Gasteiger partial charge is 0.137 e. The van der Waals surface area contributed by atoms with Crippen molar-refractivity contribution in [2.75, 3.05) is 14.2 Å². The molecule has 0 bridgehead atoms. The maximum Gasteiger partial charge on any atom is 0.137 e. The highest BCUT2D eigenvalue weighted by Gasteiger charge is 2.18. The fourth-order valence-electron chi connectivity index (χ4n) is 2.36.